The van der Waals surface area contributed by atoms with Crippen molar-refractivity contribution in [2.75, 3.05) is 0 Å². The van der Waals surface area contributed by atoms with Crippen molar-refractivity contribution in [3.05, 3.63) is 77.0 Å². The van der Waals surface area contributed by atoms with Gasteiger partial charge in [-0.25, -0.2) is 0 Å². The Balaban J connectivity index is 2.37. The zero-order chi connectivity index (χ0) is 28.2. The van der Waals surface area contributed by atoms with E-state index in [0.29, 0.717) is 22.4 Å². The van der Waals surface area contributed by atoms with Crippen molar-refractivity contribution in [3.8, 4) is 22.4 Å². The molecule has 0 amide bonds. The molecular weight excluding hydrogens is 362 g/mol. The molecule has 0 saturated carbocycles. The molecule has 3 rings (SSSR count). The van der Waals surface area contributed by atoms with Crippen LogP contribution in [-0.4, -0.2) is 4.98 Å². The van der Waals surface area contributed by atoms with Gasteiger partial charge in [-0.15, -0.1) is 0 Å². The minimum atomic E-state index is -2.32. The Labute approximate surface area is 193 Å². The van der Waals surface area contributed by atoms with Gasteiger partial charge in [-0.1, -0.05) is 77.9 Å². The number of pyridine rings is 1. The second kappa shape index (κ2) is 8.38. The van der Waals surface area contributed by atoms with E-state index in [1.54, 1.807) is 53.7 Å². The SMILES string of the molecule is [2H]C([2H])([2H])c1cc(C)c(-c2cc(C([2H])([2H])C(C)(C)C)c(C([2H])([2H])C(C)(C)C)cn2)cc1-c1ccccc1. The van der Waals surface area contributed by atoms with E-state index >= 15 is 0 Å². The number of aromatic nitrogens is 1. The Kier molecular flexibility index (Phi) is 4.07. The lowest BCUT2D eigenvalue weighted by atomic mass is 9.81. The van der Waals surface area contributed by atoms with Gasteiger partial charge >= 0.3 is 0 Å². The summed E-state index contributed by atoms with van der Waals surface area (Å²) in [5.41, 5.74) is 2.30. The van der Waals surface area contributed by atoms with Crippen LogP contribution in [0.15, 0.2) is 54.7 Å². The van der Waals surface area contributed by atoms with Crippen LogP contribution in [-0.2, 0) is 12.7 Å². The molecule has 158 valence electrons. The van der Waals surface area contributed by atoms with Gasteiger partial charge in [0.05, 0.1) is 5.69 Å². The molecule has 0 aliphatic carbocycles. The van der Waals surface area contributed by atoms with Gasteiger partial charge in [-0.2, -0.15) is 0 Å². The molecule has 1 heteroatoms. The monoisotopic (exact) mass is 406 g/mol. The van der Waals surface area contributed by atoms with Gasteiger partial charge in [0.1, 0.15) is 0 Å². The lowest BCUT2D eigenvalue weighted by molar-refractivity contribution is 0.392. The first-order valence-electron chi connectivity index (χ1n) is 13.9. The molecule has 0 bridgehead atoms. The first-order chi connectivity index (χ1) is 16.7. The summed E-state index contributed by atoms with van der Waals surface area (Å²) in [6.45, 7) is 10.3. The van der Waals surface area contributed by atoms with E-state index in [1.807, 2.05) is 43.3 Å². The third kappa shape index (κ3) is 5.59. The molecule has 2 aromatic carbocycles. The summed E-state index contributed by atoms with van der Waals surface area (Å²) >= 11 is 0. The number of nitrogens with zero attached hydrogens (tertiary/aromatic N) is 1. The molecule has 30 heavy (non-hydrogen) atoms. The molecule has 0 spiro atoms. The lowest BCUT2D eigenvalue weighted by Gasteiger charge is -2.25. The van der Waals surface area contributed by atoms with Crippen LogP contribution in [0.3, 0.4) is 0 Å². The van der Waals surface area contributed by atoms with E-state index in [9.17, 15) is 0 Å². The van der Waals surface area contributed by atoms with Crippen molar-refractivity contribution >= 4 is 0 Å². The largest absolute Gasteiger partial charge is 0.256 e. The molecule has 0 atom stereocenters. The molecule has 0 radical (unpaired) electrons. The number of aryl methyl sites for hydroxylation is 2. The maximum absolute atomic E-state index is 9.05. The Morgan fingerprint density at radius 3 is 2.03 bits per heavy atom. The van der Waals surface area contributed by atoms with E-state index in [-0.39, 0.29) is 16.7 Å². The Bertz CT molecular complexity index is 1280. The van der Waals surface area contributed by atoms with Gasteiger partial charge < -0.3 is 0 Å². The predicted octanol–water partition coefficient (Wildman–Crippen LogP) is 8.21. The molecule has 0 unspecified atom stereocenters. The third-order valence-corrected chi connectivity index (χ3v) is 4.65. The molecule has 0 aliphatic rings. The molecule has 1 aromatic heterocycles. The molecule has 0 aliphatic heterocycles. The van der Waals surface area contributed by atoms with Gasteiger partial charge in [-0.3, -0.25) is 4.98 Å². The van der Waals surface area contributed by atoms with Crippen LogP contribution in [0.2, 0.25) is 0 Å². The van der Waals surface area contributed by atoms with Crippen LogP contribution in [0.1, 0.15) is 73.4 Å². The lowest BCUT2D eigenvalue weighted by Crippen LogP contribution is -2.16. The Morgan fingerprint density at radius 2 is 1.43 bits per heavy atom. The van der Waals surface area contributed by atoms with Crippen LogP contribution in [0.5, 0.6) is 0 Å². The minimum absolute atomic E-state index is 0.226. The summed E-state index contributed by atoms with van der Waals surface area (Å²) < 4.78 is 60.2. The maximum Gasteiger partial charge on any atom is 0.0707 e. The van der Waals surface area contributed by atoms with E-state index in [0.717, 1.165) is 5.56 Å². The summed E-state index contributed by atoms with van der Waals surface area (Å²) in [5, 5.41) is 0. The molecule has 0 N–H and O–H groups in total. The molecule has 3 aromatic rings. The highest BCUT2D eigenvalue weighted by atomic mass is 14.7. The maximum atomic E-state index is 9.05. The summed E-state index contributed by atoms with van der Waals surface area (Å²) in [5.74, 6) is 0. The molecule has 1 nitrogen and oxygen atoms in total. The zero-order valence-electron chi connectivity index (χ0n) is 26.1. The number of hydrogen-bond acceptors (Lipinski definition) is 1. The van der Waals surface area contributed by atoms with Crippen molar-refractivity contribution in [2.45, 2.75) is 68.1 Å². The summed E-state index contributed by atoms with van der Waals surface area (Å²) in [6.07, 6.45) is -2.26. The highest BCUT2D eigenvalue weighted by molar-refractivity contribution is 5.76. The Hall–Kier alpha value is -2.41. The average Bonchev–Trinajstić information content (AvgIpc) is 2.77. The predicted molar refractivity (Wildman–Crippen MR) is 131 cm³/mol. The number of rotatable bonds is 4. The van der Waals surface area contributed by atoms with Gasteiger partial charge in [0, 0.05) is 21.4 Å². The van der Waals surface area contributed by atoms with E-state index in [2.05, 4.69) is 4.98 Å². The van der Waals surface area contributed by atoms with Crippen molar-refractivity contribution in [2.24, 2.45) is 10.8 Å². The van der Waals surface area contributed by atoms with Crippen molar-refractivity contribution in [1.29, 1.82) is 0 Å². The zero-order valence-corrected chi connectivity index (χ0v) is 19.1. The van der Waals surface area contributed by atoms with E-state index in [4.69, 9.17) is 9.60 Å². The third-order valence-electron chi connectivity index (χ3n) is 4.65. The van der Waals surface area contributed by atoms with E-state index < -0.39 is 30.4 Å². The fraction of sp³-hybridized carbons (Fsp3) is 0.414. The normalized spacial score (nSPS) is 17.1. The van der Waals surface area contributed by atoms with Crippen molar-refractivity contribution < 1.29 is 9.60 Å². The van der Waals surface area contributed by atoms with Gasteiger partial charge in [0.15, 0.2) is 0 Å². The number of hydrogen-bond donors (Lipinski definition) is 0. The van der Waals surface area contributed by atoms with Gasteiger partial charge in [0.25, 0.3) is 0 Å². The van der Waals surface area contributed by atoms with Gasteiger partial charge in [0.2, 0.25) is 0 Å². The standard InChI is InChI=1S/C29H37N/c1-20-14-21(2)26(16-25(20)22-12-10-9-11-13-22)27-15-23(17-28(3,4)5)24(19-30-27)18-29(6,7)8/h9-16,19H,17-18H2,1-8H3/i1D3,17D2,18D2. The highest BCUT2D eigenvalue weighted by Crippen LogP contribution is 2.34. The first-order valence-corrected chi connectivity index (χ1v) is 10.4. The van der Waals surface area contributed by atoms with Crippen molar-refractivity contribution in [1.82, 2.24) is 4.98 Å². The van der Waals surface area contributed by atoms with Crippen LogP contribution in [0.25, 0.3) is 22.4 Å². The van der Waals surface area contributed by atoms with Crippen LogP contribution in [0.4, 0.5) is 0 Å². The summed E-state index contributed by atoms with van der Waals surface area (Å²) in [6, 6.07) is 14.4. The highest BCUT2D eigenvalue weighted by Gasteiger charge is 2.20. The minimum Gasteiger partial charge on any atom is -0.256 e. The second-order valence-corrected chi connectivity index (χ2v) is 9.94. The molecule has 1 heterocycles. The summed E-state index contributed by atoms with van der Waals surface area (Å²) in [4.78, 5) is 4.63. The van der Waals surface area contributed by atoms with Gasteiger partial charge in [-0.05, 0) is 82.9 Å². The molecule has 0 fully saturated rings. The topological polar surface area (TPSA) is 12.9 Å². The molecular formula is C29H37N. The Morgan fingerprint density at radius 1 is 0.800 bits per heavy atom. The number of benzene rings is 2. The first kappa shape index (κ1) is 14.6. The molecule has 0 saturated heterocycles. The fourth-order valence-electron chi connectivity index (χ4n) is 3.45. The quantitative estimate of drug-likeness (QED) is 0.425. The van der Waals surface area contributed by atoms with Crippen molar-refractivity contribution in [3.63, 3.8) is 0 Å². The average molecular weight is 407 g/mol. The fourth-order valence-corrected chi connectivity index (χ4v) is 3.45. The second-order valence-electron chi connectivity index (χ2n) is 9.94. The van der Waals surface area contributed by atoms with Crippen LogP contribution >= 0.6 is 0 Å². The summed E-state index contributed by atoms with van der Waals surface area (Å²) in [7, 11) is 0. The van der Waals surface area contributed by atoms with Crippen LogP contribution < -0.4 is 0 Å². The van der Waals surface area contributed by atoms with Crippen LogP contribution in [0, 0.1) is 24.6 Å². The smallest absolute Gasteiger partial charge is 0.0707 e. The van der Waals surface area contributed by atoms with E-state index in [1.165, 1.54) is 6.20 Å².